The smallest absolute Gasteiger partial charge is 0.194 e. The molecule has 2 aliphatic rings. The number of nitrogens with zero attached hydrogens (tertiary/aromatic N) is 1. The first-order chi connectivity index (χ1) is 6.92. The van der Waals surface area contributed by atoms with E-state index >= 15 is 0 Å². The summed E-state index contributed by atoms with van der Waals surface area (Å²) in [5.41, 5.74) is 1.23. The highest BCUT2D eigenvalue weighted by molar-refractivity contribution is 5.13. The normalized spacial score (nSPS) is 21.7. The van der Waals surface area contributed by atoms with Crippen molar-refractivity contribution in [2.45, 2.75) is 32.1 Å². The molecule has 0 amide bonds. The van der Waals surface area contributed by atoms with Gasteiger partial charge < -0.3 is 9.73 Å². The van der Waals surface area contributed by atoms with E-state index in [1.807, 2.05) is 0 Å². The van der Waals surface area contributed by atoms with Gasteiger partial charge in [-0.3, -0.25) is 0 Å². The monoisotopic (exact) mass is 192 g/mol. The van der Waals surface area contributed by atoms with Gasteiger partial charge in [-0.2, -0.15) is 0 Å². The Morgan fingerprint density at radius 3 is 2.86 bits per heavy atom. The van der Waals surface area contributed by atoms with E-state index < -0.39 is 0 Å². The second-order valence-corrected chi connectivity index (χ2v) is 4.41. The van der Waals surface area contributed by atoms with Crippen LogP contribution in [-0.2, 0) is 19.3 Å². The zero-order valence-corrected chi connectivity index (χ0v) is 8.38. The van der Waals surface area contributed by atoms with E-state index in [1.165, 1.54) is 24.3 Å². The lowest BCUT2D eigenvalue weighted by Gasteiger charge is -2.25. The topological polar surface area (TPSA) is 38.1 Å². The molecule has 1 aliphatic heterocycles. The Bertz CT molecular complexity index is 305. The van der Waals surface area contributed by atoms with Crippen LogP contribution in [-0.4, -0.2) is 18.1 Å². The summed E-state index contributed by atoms with van der Waals surface area (Å²) in [5, 5.41) is 3.27. The molecule has 1 aromatic rings. The number of oxazole rings is 1. The lowest BCUT2D eigenvalue weighted by Crippen LogP contribution is -2.43. The number of fused-ring (bicyclic) bond motifs is 1. The van der Waals surface area contributed by atoms with Gasteiger partial charge in [0.2, 0.25) is 0 Å². The van der Waals surface area contributed by atoms with Crippen molar-refractivity contribution in [1.29, 1.82) is 0 Å². The van der Waals surface area contributed by atoms with Crippen LogP contribution in [0.5, 0.6) is 0 Å². The molecule has 0 spiro atoms. The van der Waals surface area contributed by atoms with E-state index in [9.17, 15) is 0 Å². The van der Waals surface area contributed by atoms with Crippen LogP contribution in [0.15, 0.2) is 4.42 Å². The van der Waals surface area contributed by atoms with E-state index in [1.54, 1.807) is 0 Å². The van der Waals surface area contributed by atoms with E-state index in [4.69, 9.17) is 4.42 Å². The molecule has 0 saturated carbocycles. The van der Waals surface area contributed by atoms with Gasteiger partial charge >= 0.3 is 0 Å². The minimum absolute atomic E-state index is 0.759. The predicted octanol–water partition coefficient (Wildman–Crippen LogP) is 1.32. The van der Waals surface area contributed by atoms with Gasteiger partial charge in [-0.1, -0.05) is 0 Å². The quantitative estimate of drug-likeness (QED) is 0.768. The largest absolute Gasteiger partial charge is 0.445 e. The highest BCUT2D eigenvalue weighted by atomic mass is 16.4. The molecule has 1 saturated heterocycles. The number of hydrogen-bond acceptors (Lipinski definition) is 3. The summed E-state index contributed by atoms with van der Waals surface area (Å²) in [6, 6.07) is 0. The first-order valence-electron chi connectivity index (χ1n) is 5.60. The number of nitrogens with one attached hydrogen (secondary N) is 1. The van der Waals surface area contributed by atoms with Crippen molar-refractivity contribution in [3.05, 3.63) is 17.3 Å². The third-order valence-corrected chi connectivity index (χ3v) is 3.22. The van der Waals surface area contributed by atoms with Gasteiger partial charge in [0.05, 0.1) is 5.69 Å². The molecule has 1 aliphatic carbocycles. The molecule has 1 fully saturated rings. The Balaban J connectivity index is 1.74. The fraction of sp³-hybridized carbons (Fsp3) is 0.727. The van der Waals surface area contributed by atoms with E-state index in [2.05, 4.69) is 10.3 Å². The molecule has 2 heterocycles. The van der Waals surface area contributed by atoms with Crippen LogP contribution in [0.25, 0.3) is 0 Å². The Kier molecular flexibility index (Phi) is 2.05. The van der Waals surface area contributed by atoms with Crippen LogP contribution in [0.1, 0.15) is 30.2 Å². The van der Waals surface area contributed by atoms with Crippen LogP contribution in [0.4, 0.5) is 0 Å². The van der Waals surface area contributed by atoms with Crippen LogP contribution in [0.3, 0.4) is 0 Å². The molecule has 3 nitrogen and oxygen atoms in total. The average Bonchev–Trinajstić information content (AvgIpc) is 2.53. The van der Waals surface area contributed by atoms with Crippen molar-refractivity contribution in [3.63, 3.8) is 0 Å². The molecule has 0 atom stereocenters. The fourth-order valence-corrected chi connectivity index (χ4v) is 2.23. The average molecular weight is 192 g/mol. The summed E-state index contributed by atoms with van der Waals surface area (Å²) in [7, 11) is 0. The molecule has 0 bridgehead atoms. The molecule has 14 heavy (non-hydrogen) atoms. The van der Waals surface area contributed by atoms with Crippen LogP contribution in [0, 0.1) is 5.92 Å². The number of hydrogen-bond donors (Lipinski definition) is 1. The number of aromatic nitrogens is 1. The van der Waals surface area contributed by atoms with Crippen molar-refractivity contribution >= 4 is 0 Å². The Hall–Kier alpha value is -0.830. The standard InChI is InChI=1S/C11H16N2O/c1-2-4-10-9(3-1)13-11(14-10)5-8-6-12-7-8/h8,12H,1-7H2. The second kappa shape index (κ2) is 3.39. The molecule has 0 aromatic carbocycles. The van der Waals surface area contributed by atoms with E-state index in [-0.39, 0.29) is 0 Å². The van der Waals surface area contributed by atoms with Gasteiger partial charge in [0.15, 0.2) is 5.89 Å². The molecule has 0 unspecified atom stereocenters. The fourth-order valence-electron chi connectivity index (χ4n) is 2.23. The first-order valence-corrected chi connectivity index (χ1v) is 5.60. The Labute approximate surface area is 83.9 Å². The van der Waals surface area contributed by atoms with Gasteiger partial charge in [0, 0.05) is 12.8 Å². The molecule has 3 heteroatoms. The highest BCUT2D eigenvalue weighted by Gasteiger charge is 2.22. The lowest BCUT2D eigenvalue weighted by atomic mass is 10.00. The molecule has 76 valence electrons. The van der Waals surface area contributed by atoms with Crippen molar-refractivity contribution in [2.24, 2.45) is 5.92 Å². The summed E-state index contributed by atoms with van der Waals surface area (Å²) in [6.45, 7) is 2.26. The molecule has 0 radical (unpaired) electrons. The molecule has 1 N–H and O–H groups in total. The summed E-state index contributed by atoms with van der Waals surface area (Å²) in [5.74, 6) is 2.90. The second-order valence-electron chi connectivity index (χ2n) is 4.41. The number of rotatable bonds is 2. The van der Waals surface area contributed by atoms with Crippen LogP contribution >= 0.6 is 0 Å². The van der Waals surface area contributed by atoms with Crippen LogP contribution in [0.2, 0.25) is 0 Å². The minimum Gasteiger partial charge on any atom is -0.445 e. The van der Waals surface area contributed by atoms with Gasteiger partial charge in [-0.15, -0.1) is 0 Å². The third-order valence-electron chi connectivity index (χ3n) is 3.22. The maximum absolute atomic E-state index is 5.77. The van der Waals surface area contributed by atoms with Gasteiger partial charge in [0.1, 0.15) is 5.76 Å². The summed E-state index contributed by atoms with van der Waals surface area (Å²) >= 11 is 0. The molecule has 1 aromatic heterocycles. The van der Waals surface area contributed by atoms with E-state index in [0.717, 1.165) is 44.2 Å². The van der Waals surface area contributed by atoms with Gasteiger partial charge in [-0.25, -0.2) is 4.98 Å². The maximum Gasteiger partial charge on any atom is 0.194 e. The summed E-state index contributed by atoms with van der Waals surface area (Å²) < 4.78 is 5.77. The van der Waals surface area contributed by atoms with Gasteiger partial charge in [-0.05, 0) is 38.3 Å². The SMILES string of the molecule is C1CCc2oc(CC3CNC3)nc2C1. The van der Waals surface area contributed by atoms with Crippen LogP contribution < -0.4 is 5.32 Å². The maximum atomic E-state index is 5.77. The van der Waals surface area contributed by atoms with Crippen molar-refractivity contribution in [3.8, 4) is 0 Å². The summed E-state index contributed by atoms with van der Waals surface area (Å²) in [6.07, 6.45) is 5.81. The molecular weight excluding hydrogens is 176 g/mol. The highest BCUT2D eigenvalue weighted by Crippen LogP contribution is 2.23. The van der Waals surface area contributed by atoms with E-state index in [0.29, 0.717) is 0 Å². The molecule has 3 rings (SSSR count). The molecular formula is C11H16N2O. The zero-order valence-electron chi connectivity index (χ0n) is 8.38. The number of aryl methyl sites for hydroxylation is 2. The minimum atomic E-state index is 0.759. The summed E-state index contributed by atoms with van der Waals surface area (Å²) in [4.78, 5) is 4.58. The van der Waals surface area contributed by atoms with Crippen molar-refractivity contribution in [2.75, 3.05) is 13.1 Å². The van der Waals surface area contributed by atoms with Crippen molar-refractivity contribution < 1.29 is 4.42 Å². The van der Waals surface area contributed by atoms with Gasteiger partial charge in [0.25, 0.3) is 0 Å². The first kappa shape index (κ1) is 8.48. The third kappa shape index (κ3) is 1.46. The zero-order chi connectivity index (χ0) is 9.38. The Morgan fingerprint density at radius 1 is 1.29 bits per heavy atom. The lowest BCUT2D eigenvalue weighted by molar-refractivity contribution is 0.313. The van der Waals surface area contributed by atoms with Crippen molar-refractivity contribution in [1.82, 2.24) is 10.3 Å². The Morgan fingerprint density at radius 2 is 2.14 bits per heavy atom. The predicted molar refractivity (Wildman–Crippen MR) is 53.2 cm³/mol.